The minimum absolute atomic E-state index is 0.306. The molecule has 0 N–H and O–H groups in total. The van der Waals surface area contributed by atoms with Gasteiger partial charge in [0, 0.05) is 18.3 Å². The van der Waals surface area contributed by atoms with Crippen molar-refractivity contribution in [3.63, 3.8) is 0 Å². The monoisotopic (exact) mass is 340 g/mol. The van der Waals surface area contributed by atoms with Crippen LogP contribution in [0.3, 0.4) is 0 Å². The van der Waals surface area contributed by atoms with Gasteiger partial charge in [-0.2, -0.15) is 4.89 Å². The van der Waals surface area contributed by atoms with Crippen LogP contribution in [-0.4, -0.2) is 12.4 Å². The molecule has 0 amide bonds. The summed E-state index contributed by atoms with van der Waals surface area (Å²) >= 11 is 0. The van der Waals surface area contributed by atoms with Crippen LogP contribution in [0.1, 0.15) is 56.9 Å². The lowest BCUT2D eigenvalue weighted by molar-refractivity contribution is -0.494. The number of benzene rings is 1. The van der Waals surface area contributed by atoms with Gasteiger partial charge in [-0.05, 0) is 68.3 Å². The molecule has 25 heavy (non-hydrogen) atoms. The summed E-state index contributed by atoms with van der Waals surface area (Å²) in [6.45, 7) is 0.758. The topological polar surface area (TPSA) is 27.7 Å². The van der Waals surface area contributed by atoms with Crippen LogP contribution in [-0.2, 0) is 20.1 Å². The Kier molecular flexibility index (Phi) is 3.22. The summed E-state index contributed by atoms with van der Waals surface area (Å²) in [4.78, 5) is 12.9. The van der Waals surface area contributed by atoms with E-state index >= 15 is 0 Å². The van der Waals surface area contributed by atoms with Gasteiger partial charge in [0.15, 0.2) is 0 Å². The molecule has 3 heteroatoms. The maximum absolute atomic E-state index is 6.57. The molecule has 3 nitrogen and oxygen atoms in total. The van der Waals surface area contributed by atoms with Crippen LogP contribution in [0.2, 0.25) is 0 Å². The normalized spacial score (nSPS) is 48.6. The first-order valence-electron chi connectivity index (χ1n) is 10.3. The van der Waals surface area contributed by atoms with Crippen molar-refractivity contribution in [2.75, 3.05) is 6.61 Å². The summed E-state index contributed by atoms with van der Waals surface area (Å²) in [6, 6.07) is 10.7. The van der Waals surface area contributed by atoms with E-state index in [9.17, 15) is 0 Å². The Morgan fingerprint density at radius 1 is 0.760 bits per heavy atom. The first-order valence-corrected chi connectivity index (χ1v) is 10.3. The molecular weight excluding hydrogens is 312 g/mol. The summed E-state index contributed by atoms with van der Waals surface area (Å²) in [7, 11) is 0. The lowest BCUT2D eigenvalue weighted by Gasteiger charge is -2.58. The first-order chi connectivity index (χ1) is 12.3. The average Bonchev–Trinajstić information content (AvgIpc) is 3.47. The lowest BCUT2D eigenvalue weighted by atomic mass is 9.53. The fourth-order valence-electron chi connectivity index (χ4n) is 6.75. The van der Waals surface area contributed by atoms with Crippen molar-refractivity contribution in [1.82, 2.24) is 0 Å². The van der Waals surface area contributed by atoms with Gasteiger partial charge in [-0.3, -0.25) is 0 Å². The third kappa shape index (κ3) is 2.15. The van der Waals surface area contributed by atoms with E-state index in [2.05, 4.69) is 30.3 Å². The highest BCUT2D eigenvalue weighted by atomic mass is 17.2. The van der Waals surface area contributed by atoms with E-state index < -0.39 is 5.79 Å². The van der Waals surface area contributed by atoms with Gasteiger partial charge in [-0.1, -0.05) is 30.3 Å². The number of hydrogen-bond donors (Lipinski definition) is 0. The van der Waals surface area contributed by atoms with Crippen molar-refractivity contribution in [3.8, 4) is 0 Å². The zero-order valence-corrected chi connectivity index (χ0v) is 14.9. The zero-order valence-electron chi connectivity index (χ0n) is 14.9. The Balaban J connectivity index is 1.34. The van der Waals surface area contributed by atoms with Gasteiger partial charge in [0.05, 0.1) is 6.61 Å². The van der Waals surface area contributed by atoms with Crippen LogP contribution in [0.15, 0.2) is 30.3 Å². The molecule has 5 saturated carbocycles. The van der Waals surface area contributed by atoms with E-state index in [1.807, 2.05) is 0 Å². The minimum Gasteiger partial charge on any atom is -0.347 e. The molecule has 0 radical (unpaired) electrons. The molecule has 0 aromatic heterocycles. The quantitative estimate of drug-likeness (QED) is 0.723. The lowest BCUT2D eigenvalue weighted by Crippen LogP contribution is -2.60. The maximum Gasteiger partial charge on any atom is 0.207 e. The second kappa shape index (κ2) is 5.31. The molecule has 1 aromatic rings. The second-order valence-corrected chi connectivity index (χ2v) is 9.32. The third-order valence-electron chi connectivity index (χ3n) is 7.90. The highest BCUT2D eigenvalue weighted by molar-refractivity contribution is 5.25. The fourth-order valence-corrected chi connectivity index (χ4v) is 6.75. The molecule has 1 unspecified atom stereocenters. The van der Waals surface area contributed by atoms with Crippen molar-refractivity contribution in [2.45, 2.75) is 62.8 Å². The third-order valence-corrected chi connectivity index (χ3v) is 7.90. The van der Waals surface area contributed by atoms with E-state index in [-0.39, 0.29) is 5.60 Å². The SMILES string of the molecule is c1ccc(C2(C3CC3)CCOC3(OO2)C2CC4CC(C2)CC3C4)cc1. The number of hydrogen-bond acceptors (Lipinski definition) is 3. The first kappa shape index (κ1) is 15.2. The van der Waals surface area contributed by atoms with Gasteiger partial charge >= 0.3 is 0 Å². The summed E-state index contributed by atoms with van der Waals surface area (Å²) < 4.78 is 6.57. The molecule has 1 heterocycles. The molecule has 5 aliphatic carbocycles. The zero-order chi connectivity index (χ0) is 16.5. The summed E-state index contributed by atoms with van der Waals surface area (Å²) in [5, 5.41) is 0. The van der Waals surface area contributed by atoms with E-state index in [4.69, 9.17) is 14.5 Å². The van der Waals surface area contributed by atoms with Gasteiger partial charge in [0.2, 0.25) is 5.79 Å². The van der Waals surface area contributed by atoms with Gasteiger partial charge in [0.1, 0.15) is 5.60 Å². The minimum atomic E-state index is -0.459. The Morgan fingerprint density at radius 2 is 1.44 bits per heavy atom. The molecule has 1 aromatic carbocycles. The average molecular weight is 340 g/mol. The Morgan fingerprint density at radius 3 is 2.08 bits per heavy atom. The van der Waals surface area contributed by atoms with Gasteiger partial charge in [-0.15, -0.1) is 0 Å². The summed E-state index contributed by atoms with van der Waals surface area (Å²) in [5.41, 5.74) is 0.960. The molecule has 134 valence electrons. The van der Waals surface area contributed by atoms with Crippen LogP contribution >= 0.6 is 0 Å². The molecule has 1 saturated heterocycles. The molecule has 6 fully saturated rings. The Hall–Kier alpha value is -0.900. The Labute approximate surface area is 150 Å². The van der Waals surface area contributed by atoms with E-state index in [1.54, 1.807) is 0 Å². The molecule has 1 atom stereocenters. The highest BCUT2D eigenvalue weighted by Gasteiger charge is 2.63. The van der Waals surface area contributed by atoms with Crippen molar-refractivity contribution < 1.29 is 14.5 Å². The molecular formula is C22H28O3. The standard InChI is InChI=1S/C22H28O3/c1-2-4-17(5-3-1)21(18-6-7-18)8-9-23-22(25-24-21)19-11-15-10-16(13-19)14-20(22)12-15/h1-5,15-16,18-20H,6-14H2. The van der Waals surface area contributed by atoms with Crippen LogP contribution < -0.4 is 0 Å². The largest absolute Gasteiger partial charge is 0.347 e. The van der Waals surface area contributed by atoms with Crippen LogP contribution in [0.25, 0.3) is 0 Å². The van der Waals surface area contributed by atoms with Crippen molar-refractivity contribution in [2.24, 2.45) is 29.6 Å². The van der Waals surface area contributed by atoms with Gasteiger partial charge in [0.25, 0.3) is 0 Å². The fraction of sp³-hybridized carbons (Fsp3) is 0.727. The van der Waals surface area contributed by atoms with Crippen molar-refractivity contribution >= 4 is 0 Å². The smallest absolute Gasteiger partial charge is 0.207 e. The second-order valence-electron chi connectivity index (χ2n) is 9.32. The van der Waals surface area contributed by atoms with Crippen LogP contribution in [0, 0.1) is 29.6 Å². The number of ether oxygens (including phenoxy) is 1. The molecule has 7 rings (SSSR count). The van der Waals surface area contributed by atoms with E-state index in [1.165, 1.54) is 50.5 Å². The maximum atomic E-state index is 6.57. The van der Waals surface area contributed by atoms with Crippen LogP contribution in [0.4, 0.5) is 0 Å². The van der Waals surface area contributed by atoms with E-state index in [0.29, 0.717) is 17.8 Å². The van der Waals surface area contributed by atoms with Gasteiger partial charge < -0.3 is 4.74 Å². The van der Waals surface area contributed by atoms with E-state index in [0.717, 1.165) is 24.9 Å². The molecule has 6 aliphatic rings. The summed E-state index contributed by atoms with van der Waals surface area (Å²) in [5.74, 6) is 3.00. The number of rotatable bonds is 2. The van der Waals surface area contributed by atoms with Crippen molar-refractivity contribution in [1.29, 1.82) is 0 Å². The predicted octanol–water partition coefficient (Wildman–Crippen LogP) is 4.81. The molecule has 1 aliphatic heterocycles. The molecule has 1 spiro atoms. The molecule has 4 bridgehead atoms. The predicted molar refractivity (Wildman–Crippen MR) is 93.4 cm³/mol. The highest BCUT2D eigenvalue weighted by Crippen LogP contribution is 2.62. The summed E-state index contributed by atoms with van der Waals surface area (Å²) in [6.07, 6.45) is 9.94. The van der Waals surface area contributed by atoms with Crippen LogP contribution in [0.5, 0.6) is 0 Å². The van der Waals surface area contributed by atoms with Gasteiger partial charge in [-0.25, -0.2) is 4.89 Å². The Bertz CT molecular complexity index is 624. The van der Waals surface area contributed by atoms with Crippen molar-refractivity contribution in [3.05, 3.63) is 35.9 Å².